The number of halogens is 1. The molecule has 19 heavy (non-hydrogen) atoms. The second kappa shape index (κ2) is 5.32. The molecule has 0 fully saturated rings. The number of amides is 1. The van der Waals surface area contributed by atoms with Gasteiger partial charge in [0.2, 0.25) is 5.76 Å². The highest BCUT2D eigenvalue weighted by Crippen LogP contribution is 2.27. The number of anilines is 1. The largest absolute Gasteiger partial charge is 0.495 e. The van der Waals surface area contributed by atoms with E-state index in [0.29, 0.717) is 28.0 Å². The Labute approximate surface area is 115 Å². The van der Waals surface area contributed by atoms with Crippen LogP contribution >= 0.6 is 11.6 Å². The van der Waals surface area contributed by atoms with Gasteiger partial charge in [0, 0.05) is 18.7 Å². The molecule has 6 heteroatoms. The number of benzene rings is 1. The molecule has 0 aliphatic heterocycles. The summed E-state index contributed by atoms with van der Waals surface area (Å²) >= 11 is 5.91. The number of hydrogen-bond acceptors (Lipinski definition) is 4. The third kappa shape index (κ3) is 2.88. The number of aromatic nitrogens is 1. The molecule has 0 aliphatic rings. The highest BCUT2D eigenvalue weighted by atomic mass is 35.5. The summed E-state index contributed by atoms with van der Waals surface area (Å²) in [5.74, 6) is 0.787. The van der Waals surface area contributed by atoms with E-state index in [9.17, 15) is 4.79 Å². The van der Waals surface area contributed by atoms with Crippen LogP contribution in [0.4, 0.5) is 5.69 Å². The Balaban J connectivity index is 2.21. The van der Waals surface area contributed by atoms with Gasteiger partial charge in [-0.1, -0.05) is 11.6 Å². The molecule has 2 aromatic rings. The first-order valence-electron chi connectivity index (χ1n) is 5.60. The fourth-order valence-electron chi connectivity index (χ4n) is 1.67. The lowest BCUT2D eigenvalue weighted by molar-refractivity contribution is 0.0994. The maximum absolute atomic E-state index is 12.0. The average Bonchev–Trinajstić information content (AvgIpc) is 2.71. The molecule has 0 atom stereocenters. The third-order valence-electron chi connectivity index (χ3n) is 2.52. The van der Waals surface area contributed by atoms with Crippen molar-refractivity contribution in [3.63, 3.8) is 0 Å². The van der Waals surface area contributed by atoms with Crippen molar-refractivity contribution in [1.29, 1.82) is 0 Å². The average molecular weight is 281 g/mol. The zero-order chi connectivity index (χ0) is 14.0. The normalized spacial score (nSPS) is 10.3. The molecule has 0 aliphatic carbocycles. The van der Waals surface area contributed by atoms with Gasteiger partial charge < -0.3 is 14.5 Å². The molecule has 1 amide bonds. The van der Waals surface area contributed by atoms with E-state index in [-0.39, 0.29) is 11.7 Å². The van der Waals surface area contributed by atoms with Crippen LogP contribution in [0.2, 0.25) is 5.02 Å². The Morgan fingerprint density at radius 2 is 2.16 bits per heavy atom. The lowest BCUT2D eigenvalue weighted by Gasteiger charge is -2.07. The molecule has 0 spiro atoms. The number of carbonyl (C=O) groups excluding carboxylic acids is 1. The Bertz CT molecular complexity index is 622. The number of hydrogen-bond donors (Lipinski definition) is 1. The topological polar surface area (TPSA) is 64.4 Å². The fourth-order valence-corrected chi connectivity index (χ4v) is 1.86. The number of aryl methyl sites for hydroxylation is 2. The van der Waals surface area contributed by atoms with Crippen molar-refractivity contribution < 1.29 is 13.9 Å². The molecule has 0 radical (unpaired) electrons. The minimum Gasteiger partial charge on any atom is -0.495 e. The summed E-state index contributed by atoms with van der Waals surface area (Å²) < 4.78 is 10.3. The second-order valence-corrected chi connectivity index (χ2v) is 4.36. The first-order valence-corrected chi connectivity index (χ1v) is 5.98. The third-order valence-corrected chi connectivity index (χ3v) is 2.83. The molecule has 0 saturated carbocycles. The summed E-state index contributed by atoms with van der Waals surface area (Å²) in [5, 5.41) is 3.18. The first-order chi connectivity index (χ1) is 9.01. The molecule has 5 nitrogen and oxygen atoms in total. The van der Waals surface area contributed by atoms with E-state index in [1.165, 1.54) is 7.11 Å². The Morgan fingerprint density at radius 1 is 1.42 bits per heavy atom. The Hall–Kier alpha value is -2.01. The van der Waals surface area contributed by atoms with Crippen molar-refractivity contribution in [1.82, 2.24) is 4.98 Å². The number of ether oxygens (including phenoxy) is 1. The SMILES string of the molecule is COc1cc(NC(=O)c2oc(C)nc2C)ccc1Cl. The number of nitrogens with zero attached hydrogens (tertiary/aromatic N) is 1. The van der Waals surface area contributed by atoms with E-state index in [1.807, 2.05) is 0 Å². The van der Waals surface area contributed by atoms with Crippen LogP contribution in [-0.4, -0.2) is 18.0 Å². The highest BCUT2D eigenvalue weighted by Gasteiger charge is 2.16. The maximum Gasteiger partial charge on any atom is 0.293 e. The van der Waals surface area contributed by atoms with Crippen molar-refractivity contribution in [3.8, 4) is 5.75 Å². The van der Waals surface area contributed by atoms with Crippen LogP contribution in [0.25, 0.3) is 0 Å². The Kier molecular flexibility index (Phi) is 3.76. The molecule has 100 valence electrons. The van der Waals surface area contributed by atoms with Crippen molar-refractivity contribution in [2.75, 3.05) is 12.4 Å². The molecular formula is C13H13ClN2O3. The quantitative estimate of drug-likeness (QED) is 0.938. The van der Waals surface area contributed by atoms with Crippen LogP contribution in [0.3, 0.4) is 0 Å². The summed E-state index contributed by atoms with van der Waals surface area (Å²) in [6, 6.07) is 4.97. The van der Waals surface area contributed by atoms with E-state index < -0.39 is 0 Å². The minimum atomic E-state index is -0.359. The maximum atomic E-state index is 12.0. The minimum absolute atomic E-state index is 0.200. The molecule has 0 unspecified atom stereocenters. The van der Waals surface area contributed by atoms with Gasteiger partial charge in [-0.15, -0.1) is 0 Å². The predicted molar refractivity (Wildman–Crippen MR) is 71.9 cm³/mol. The van der Waals surface area contributed by atoms with Crippen LogP contribution in [0.5, 0.6) is 5.75 Å². The monoisotopic (exact) mass is 280 g/mol. The van der Waals surface area contributed by atoms with Gasteiger partial charge in [0.15, 0.2) is 5.89 Å². The van der Waals surface area contributed by atoms with Gasteiger partial charge >= 0.3 is 0 Å². The fraction of sp³-hybridized carbons (Fsp3) is 0.231. The lowest BCUT2D eigenvalue weighted by Crippen LogP contribution is -2.12. The van der Waals surface area contributed by atoms with Gasteiger partial charge in [0.25, 0.3) is 5.91 Å². The van der Waals surface area contributed by atoms with Crippen LogP contribution < -0.4 is 10.1 Å². The van der Waals surface area contributed by atoms with Crippen molar-refractivity contribution in [2.45, 2.75) is 13.8 Å². The summed E-state index contributed by atoms with van der Waals surface area (Å²) in [6.07, 6.45) is 0. The summed E-state index contributed by atoms with van der Waals surface area (Å²) in [6.45, 7) is 3.41. The van der Waals surface area contributed by atoms with Crippen LogP contribution in [0.15, 0.2) is 22.6 Å². The van der Waals surface area contributed by atoms with Gasteiger partial charge in [-0.2, -0.15) is 0 Å². The lowest BCUT2D eigenvalue weighted by atomic mass is 10.2. The van der Waals surface area contributed by atoms with E-state index in [4.69, 9.17) is 20.8 Å². The van der Waals surface area contributed by atoms with E-state index in [0.717, 1.165) is 0 Å². The van der Waals surface area contributed by atoms with Crippen LogP contribution in [-0.2, 0) is 0 Å². The molecule has 1 heterocycles. The number of carbonyl (C=O) groups is 1. The molecule has 1 aromatic heterocycles. The molecule has 2 rings (SSSR count). The summed E-state index contributed by atoms with van der Waals surface area (Å²) in [5.41, 5.74) is 1.12. The van der Waals surface area contributed by atoms with E-state index >= 15 is 0 Å². The summed E-state index contributed by atoms with van der Waals surface area (Å²) in [7, 11) is 1.51. The number of oxazole rings is 1. The van der Waals surface area contributed by atoms with Crippen LogP contribution in [0.1, 0.15) is 22.1 Å². The number of rotatable bonds is 3. The van der Waals surface area contributed by atoms with E-state index in [1.54, 1.807) is 32.0 Å². The zero-order valence-corrected chi connectivity index (χ0v) is 11.5. The first kappa shape index (κ1) is 13.4. The molecular weight excluding hydrogens is 268 g/mol. The zero-order valence-electron chi connectivity index (χ0n) is 10.8. The molecule has 1 aromatic carbocycles. The van der Waals surface area contributed by atoms with Gasteiger partial charge in [0.05, 0.1) is 17.8 Å². The smallest absolute Gasteiger partial charge is 0.293 e. The molecule has 0 saturated heterocycles. The molecule has 0 bridgehead atoms. The van der Waals surface area contributed by atoms with Gasteiger partial charge in [-0.3, -0.25) is 4.79 Å². The number of nitrogens with one attached hydrogen (secondary N) is 1. The van der Waals surface area contributed by atoms with Crippen molar-refractivity contribution >= 4 is 23.2 Å². The highest BCUT2D eigenvalue weighted by molar-refractivity contribution is 6.32. The second-order valence-electron chi connectivity index (χ2n) is 3.95. The van der Waals surface area contributed by atoms with Gasteiger partial charge in [-0.25, -0.2) is 4.98 Å². The standard InChI is InChI=1S/C13H13ClN2O3/c1-7-12(19-8(2)15-7)13(17)16-9-4-5-10(14)11(6-9)18-3/h4-6H,1-3H3,(H,16,17). The predicted octanol–water partition coefficient (Wildman–Crippen LogP) is 3.21. The van der Waals surface area contributed by atoms with E-state index in [2.05, 4.69) is 10.3 Å². The van der Waals surface area contributed by atoms with Crippen molar-refractivity contribution in [3.05, 3.63) is 40.6 Å². The summed E-state index contributed by atoms with van der Waals surface area (Å²) in [4.78, 5) is 16.1. The van der Waals surface area contributed by atoms with Gasteiger partial charge in [-0.05, 0) is 19.1 Å². The van der Waals surface area contributed by atoms with Crippen LogP contribution in [0, 0.1) is 13.8 Å². The van der Waals surface area contributed by atoms with Crippen molar-refractivity contribution in [2.24, 2.45) is 0 Å². The van der Waals surface area contributed by atoms with Gasteiger partial charge in [0.1, 0.15) is 5.75 Å². The Morgan fingerprint density at radius 3 is 2.74 bits per heavy atom. The number of methoxy groups -OCH3 is 1. The molecule has 1 N–H and O–H groups in total.